The zero-order chi connectivity index (χ0) is 9.26. The third-order valence-corrected chi connectivity index (χ3v) is 2.10. The summed E-state index contributed by atoms with van der Waals surface area (Å²) < 4.78 is 13.5. The van der Waals surface area contributed by atoms with E-state index in [1.54, 1.807) is 24.3 Å². The normalized spacial score (nSPS) is 10.6. The van der Waals surface area contributed by atoms with Gasteiger partial charge in [-0.25, -0.2) is 9.50 Å². The molecular weight excluding hydrogens is 167 g/mol. The third-order valence-electron chi connectivity index (χ3n) is 2.10. The van der Waals surface area contributed by atoms with Crippen molar-refractivity contribution in [2.24, 2.45) is 0 Å². The van der Waals surface area contributed by atoms with Crippen molar-refractivity contribution in [3.05, 3.63) is 47.8 Å². The average Bonchev–Trinajstić information content (AvgIpc) is 2.19. The lowest BCUT2D eigenvalue weighted by Gasteiger charge is -2.02. The molecule has 0 saturated heterocycles. The third kappa shape index (κ3) is 1.29. The fourth-order valence-corrected chi connectivity index (χ4v) is 1.39. The van der Waals surface area contributed by atoms with Crippen molar-refractivity contribution in [1.29, 1.82) is 0 Å². The van der Waals surface area contributed by atoms with Crippen LogP contribution in [0, 0.1) is 5.82 Å². The number of hydrogen-bond acceptors (Lipinski definition) is 0. The van der Waals surface area contributed by atoms with Gasteiger partial charge in [-0.2, -0.15) is 0 Å². The number of rotatable bonds is 1. The molecule has 0 aliphatic rings. The maximum absolute atomic E-state index is 13.5. The Kier molecular flexibility index (Phi) is 1.99. The van der Waals surface area contributed by atoms with Crippen LogP contribution >= 0.6 is 0 Å². The summed E-state index contributed by atoms with van der Waals surface area (Å²) >= 11 is 0. The van der Waals surface area contributed by atoms with E-state index in [1.165, 1.54) is 0 Å². The monoisotopic (exact) mass is 175 g/mol. The molecule has 0 heterocycles. The molecule has 1 radical (unpaired) electrons. The second kappa shape index (κ2) is 3.15. The van der Waals surface area contributed by atoms with Gasteiger partial charge in [0, 0.05) is 10.9 Å². The Morgan fingerprint density at radius 1 is 1.08 bits per heavy atom. The summed E-state index contributed by atoms with van der Waals surface area (Å²) in [4.78, 5) is 0. The van der Waals surface area contributed by atoms with E-state index in [0.717, 1.165) is 5.39 Å². The van der Waals surface area contributed by atoms with Crippen molar-refractivity contribution >= 4 is 10.8 Å². The van der Waals surface area contributed by atoms with Gasteiger partial charge in [-0.15, -0.1) is 0 Å². The van der Waals surface area contributed by atoms with E-state index in [0.29, 0.717) is 5.39 Å². The second-order valence-corrected chi connectivity index (χ2v) is 2.90. The first kappa shape index (κ1) is 8.20. The molecule has 0 aliphatic carbocycles. The molecule has 0 amide bonds. The van der Waals surface area contributed by atoms with Gasteiger partial charge in [-0.3, -0.25) is 0 Å². The molecule has 0 saturated carbocycles. The average molecular weight is 175 g/mol. The summed E-state index contributed by atoms with van der Waals surface area (Å²) in [6, 6.07) is 10.4. The van der Waals surface area contributed by atoms with Crippen LogP contribution in [0.15, 0.2) is 36.4 Å². The summed E-state index contributed by atoms with van der Waals surface area (Å²) in [7, 11) is 0. The molecule has 13 heavy (non-hydrogen) atoms. The predicted octanol–water partition coefficient (Wildman–Crippen LogP) is 2.91. The highest BCUT2D eigenvalue weighted by molar-refractivity contribution is 5.83. The Morgan fingerprint density at radius 2 is 1.85 bits per heavy atom. The first-order valence-corrected chi connectivity index (χ1v) is 4.07. The number of hydrogen-bond donors (Lipinski definition) is 0. The molecular formula is C11H8FO. The molecule has 0 aliphatic heterocycles. The van der Waals surface area contributed by atoms with Crippen molar-refractivity contribution in [2.75, 3.05) is 0 Å². The quantitative estimate of drug-likeness (QED) is 0.635. The van der Waals surface area contributed by atoms with E-state index < -0.39 is 6.61 Å². The minimum Gasteiger partial charge on any atom is -0.231 e. The van der Waals surface area contributed by atoms with Crippen LogP contribution in [0.3, 0.4) is 0 Å². The fourth-order valence-electron chi connectivity index (χ4n) is 1.39. The Hall–Kier alpha value is -1.41. The molecule has 0 spiro atoms. The molecule has 2 heteroatoms. The van der Waals surface area contributed by atoms with Crippen LogP contribution in [0.1, 0.15) is 5.56 Å². The molecule has 0 fully saturated rings. The summed E-state index contributed by atoms with van der Waals surface area (Å²) in [6.45, 7) is -0.503. The predicted molar refractivity (Wildman–Crippen MR) is 48.3 cm³/mol. The zero-order valence-corrected chi connectivity index (χ0v) is 6.96. The van der Waals surface area contributed by atoms with E-state index in [2.05, 4.69) is 0 Å². The van der Waals surface area contributed by atoms with Crippen LogP contribution in [0.5, 0.6) is 0 Å². The maximum atomic E-state index is 13.5. The molecule has 2 rings (SSSR count). The molecule has 0 atom stereocenters. The summed E-state index contributed by atoms with van der Waals surface area (Å²) in [6.07, 6.45) is 0. The van der Waals surface area contributed by atoms with Gasteiger partial charge in [-0.1, -0.05) is 36.4 Å². The molecule has 1 nitrogen and oxygen atoms in total. The SMILES string of the molecule is [O]Cc1ccc2ccccc2c1F. The highest BCUT2D eigenvalue weighted by Gasteiger charge is 2.05. The standard InChI is InChI=1S/C11H8FO/c12-11-9(7-13)6-5-8-3-1-2-4-10(8)11/h1-6H,7H2. The van der Waals surface area contributed by atoms with Gasteiger partial charge < -0.3 is 0 Å². The van der Waals surface area contributed by atoms with Crippen molar-refractivity contribution < 1.29 is 9.50 Å². The summed E-state index contributed by atoms with van der Waals surface area (Å²) in [5.41, 5.74) is 0.235. The highest BCUT2D eigenvalue weighted by atomic mass is 19.1. The minimum atomic E-state index is -0.503. The van der Waals surface area contributed by atoms with Gasteiger partial charge in [0.15, 0.2) is 0 Å². The molecule has 0 bridgehead atoms. The lowest BCUT2D eigenvalue weighted by Crippen LogP contribution is -1.89. The van der Waals surface area contributed by atoms with Gasteiger partial charge in [0.05, 0.1) is 0 Å². The van der Waals surface area contributed by atoms with Crippen molar-refractivity contribution in [2.45, 2.75) is 6.61 Å². The topological polar surface area (TPSA) is 19.9 Å². The minimum absolute atomic E-state index is 0.235. The lowest BCUT2D eigenvalue weighted by molar-refractivity contribution is 0.174. The van der Waals surface area contributed by atoms with Crippen LogP contribution in [0.2, 0.25) is 0 Å². The van der Waals surface area contributed by atoms with Crippen LogP contribution in [-0.4, -0.2) is 0 Å². The molecule has 0 unspecified atom stereocenters. The second-order valence-electron chi connectivity index (χ2n) is 2.90. The van der Waals surface area contributed by atoms with E-state index in [4.69, 9.17) is 0 Å². The molecule has 0 N–H and O–H groups in total. The fraction of sp³-hybridized carbons (Fsp3) is 0.0909. The zero-order valence-electron chi connectivity index (χ0n) is 6.96. The van der Waals surface area contributed by atoms with Gasteiger partial charge in [-0.05, 0) is 5.39 Å². The van der Waals surface area contributed by atoms with E-state index in [9.17, 15) is 9.50 Å². The van der Waals surface area contributed by atoms with Gasteiger partial charge in [0.2, 0.25) is 0 Å². The van der Waals surface area contributed by atoms with Gasteiger partial charge in [0.1, 0.15) is 12.4 Å². The smallest absolute Gasteiger partial charge is 0.136 e. The molecule has 65 valence electrons. The first-order chi connectivity index (χ1) is 6.33. The molecule has 2 aromatic rings. The van der Waals surface area contributed by atoms with E-state index in [-0.39, 0.29) is 11.4 Å². The van der Waals surface area contributed by atoms with Crippen LogP contribution in [0.4, 0.5) is 4.39 Å². The highest BCUT2D eigenvalue weighted by Crippen LogP contribution is 2.20. The number of fused-ring (bicyclic) bond motifs is 1. The van der Waals surface area contributed by atoms with Crippen LogP contribution < -0.4 is 0 Å². The first-order valence-electron chi connectivity index (χ1n) is 4.07. The Balaban J connectivity index is 2.79. The van der Waals surface area contributed by atoms with Crippen LogP contribution in [-0.2, 0) is 11.7 Å². The van der Waals surface area contributed by atoms with Crippen LogP contribution in [0.25, 0.3) is 10.8 Å². The van der Waals surface area contributed by atoms with Gasteiger partial charge in [0.25, 0.3) is 0 Å². The Labute approximate surface area is 75.4 Å². The van der Waals surface area contributed by atoms with Crippen molar-refractivity contribution in [1.82, 2.24) is 0 Å². The largest absolute Gasteiger partial charge is 0.231 e. The van der Waals surface area contributed by atoms with E-state index in [1.807, 2.05) is 12.1 Å². The maximum Gasteiger partial charge on any atom is 0.136 e. The lowest BCUT2D eigenvalue weighted by atomic mass is 10.1. The Morgan fingerprint density at radius 3 is 2.62 bits per heavy atom. The molecule has 2 aromatic carbocycles. The summed E-state index contributed by atoms with van der Waals surface area (Å²) in [5, 5.41) is 11.9. The number of halogens is 1. The van der Waals surface area contributed by atoms with E-state index >= 15 is 0 Å². The van der Waals surface area contributed by atoms with Gasteiger partial charge >= 0.3 is 0 Å². The summed E-state index contributed by atoms with van der Waals surface area (Å²) in [5.74, 6) is -0.381. The molecule has 0 aromatic heterocycles. The van der Waals surface area contributed by atoms with Crippen molar-refractivity contribution in [3.8, 4) is 0 Å². The number of benzene rings is 2. The van der Waals surface area contributed by atoms with Crippen molar-refractivity contribution in [3.63, 3.8) is 0 Å². The Bertz CT molecular complexity index is 437.